The van der Waals surface area contributed by atoms with Gasteiger partial charge in [-0.2, -0.15) is 0 Å². The zero-order chi connectivity index (χ0) is 12.2. The van der Waals surface area contributed by atoms with Crippen LogP contribution in [0, 0.1) is 0 Å². The maximum atomic E-state index is 2.18. The molecule has 4 rings (SSSR count). The predicted molar refractivity (Wildman–Crippen MR) is 80.4 cm³/mol. The van der Waals surface area contributed by atoms with Crippen LogP contribution in [0.5, 0.6) is 0 Å². The van der Waals surface area contributed by atoms with Gasteiger partial charge in [-0.25, -0.2) is 0 Å². The van der Waals surface area contributed by atoms with Crippen LogP contribution in [0.2, 0.25) is 0 Å². The molecular formula is C18H16. The minimum absolute atomic E-state index is 1.23. The fourth-order valence-corrected chi connectivity index (χ4v) is 2.40. The van der Waals surface area contributed by atoms with Gasteiger partial charge in [0.15, 0.2) is 0 Å². The average molecular weight is 232 g/mol. The van der Waals surface area contributed by atoms with Gasteiger partial charge in [-0.3, -0.25) is 0 Å². The van der Waals surface area contributed by atoms with Crippen molar-refractivity contribution in [3.05, 3.63) is 71.8 Å². The highest BCUT2D eigenvalue weighted by molar-refractivity contribution is 6.04. The summed E-state index contributed by atoms with van der Waals surface area (Å²) >= 11 is 0. The number of allylic oxidation sites excluding steroid dienone is 4. The normalized spacial score (nSPS) is 14.7. The summed E-state index contributed by atoms with van der Waals surface area (Å²) in [5, 5.41) is 2.75. The average Bonchev–Trinajstić information content (AvgIpc) is 2.88. The standard InChI is InChI=1S/C12H8.C6H8/c1-3-9-4-2-6-11-8-7-10(5-1)12(9)11;1-2-4-6-5-3-1/h1-8H;1-4H,5-6H2. The summed E-state index contributed by atoms with van der Waals surface area (Å²) in [4.78, 5) is 0. The zero-order valence-corrected chi connectivity index (χ0v) is 10.3. The Labute approximate surface area is 108 Å². The second kappa shape index (κ2) is 5.05. The van der Waals surface area contributed by atoms with Crippen LogP contribution in [-0.2, 0) is 0 Å². The lowest BCUT2D eigenvalue weighted by atomic mass is 10.0. The number of benzene rings is 2. The van der Waals surface area contributed by atoms with Crippen LogP contribution in [0.3, 0.4) is 0 Å². The van der Waals surface area contributed by atoms with E-state index in [0.717, 1.165) is 0 Å². The lowest BCUT2D eigenvalue weighted by molar-refractivity contribution is 1.04. The summed E-state index contributed by atoms with van der Waals surface area (Å²) in [6, 6.07) is 12.9. The molecule has 0 saturated heterocycles. The summed E-state index contributed by atoms with van der Waals surface area (Å²) in [6.07, 6.45) is 15.4. The van der Waals surface area contributed by atoms with Gasteiger partial charge < -0.3 is 0 Å². The molecule has 0 aromatic heterocycles. The Morgan fingerprint density at radius 3 is 1.67 bits per heavy atom. The van der Waals surface area contributed by atoms with E-state index in [9.17, 15) is 0 Å². The van der Waals surface area contributed by atoms with Crippen molar-refractivity contribution < 1.29 is 0 Å². The monoisotopic (exact) mass is 232 g/mol. The Hall–Kier alpha value is -2.08. The molecule has 0 saturated carbocycles. The van der Waals surface area contributed by atoms with Crippen molar-refractivity contribution in [2.75, 3.05) is 0 Å². The Morgan fingerprint density at radius 2 is 1.22 bits per heavy atom. The molecule has 0 nitrogen and oxygen atoms in total. The second-order valence-electron chi connectivity index (χ2n) is 4.56. The molecule has 18 heavy (non-hydrogen) atoms. The van der Waals surface area contributed by atoms with Gasteiger partial charge in [0.05, 0.1) is 0 Å². The minimum Gasteiger partial charge on any atom is -0.0842 e. The third kappa shape index (κ3) is 2.14. The topological polar surface area (TPSA) is 0 Å². The summed E-state index contributed by atoms with van der Waals surface area (Å²) in [6.45, 7) is 0. The summed E-state index contributed by atoms with van der Waals surface area (Å²) in [5.41, 5.74) is 2.70. The van der Waals surface area contributed by atoms with Crippen LogP contribution < -0.4 is 0 Å². The van der Waals surface area contributed by atoms with Crippen LogP contribution >= 0.6 is 0 Å². The van der Waals surface area contributed by atoms with Crippen LogP contribution in [-0.4, -0.2) is 0 Å². The molecule has 2 aromatic carbocycles. The first kappa shape index (κ1) is 11.0. The quantitative estimate of drug-likeness (QED) is 0.498. The Kier molecular flexibility index (Phi) is 3.10. The molecule has 0 N–H and O–H groups in total. The summed E-state index contributed by atoms with van der Waals surface area (Å²) < 4.78 is 0. The molecular weight excluding hydrogens is 216 g/mol. The third-order valence-corrected chi connectivity index (χ3v) is 3.29. The van der Waals surface area contributed by atoms with Gasteiger partial charge in [-0.15, -0.1) is 0 Å². The second-order valence-corrected chi connectivity index (χ2v) is 4.56. The van der Waals surface area contributed by atoms with E-state index in [1.165, 1.54) is 34.7 Å². The summed E-state index contributed by atoms with van der Waals surface area (Å²) in [7, 11) is 0. The molecule has 0 unspecified atom stereocenters. The van der Waals surface area contributed by atoms with Crippen molar-refractivity contribution in [3.63, 3.8) is 0 Å². The Morgan fingerprint density at radius 1 is 0.667 bits per heavy atom. The maximum absolute atomic E-state index is 2.18. The zero-order valence-electron chi connectivity index (χ0n) is 10.3. The minimum atomic E-state index is 1.23. The van der Waals surface area contributed by atoms with Crippen LogP contribution in [0.25, 0.3) is 22.9 Å². The van der Waals surface area contributed by atoms with Gasteiger partial charge in [-0.05, 0) is 34.7 Å². The lowest BCUT2D eigenvalue weighted by Crippen LogP contribution is -1.76. The van der Waals surface area contributed by atoms with Crippen LogP contribution in [0.4, 0.5) is 0 Å². The lowest BCUT2D eigenvalue weighted by Gasteiger charge is -1.99. The van der Waals surface area contributed by atoms with Gasteiger partial charge in [-0.1, -0.05) is 72.9 Å². The molecule has 0 aliphatic heterocycles. The Balaban J connectivity index is 0.000000142. The molecule has 0 bridgehead atoms. The van der Waals surface area contributed by atoms with E-state index < -0.39 is 0 Å². The molecule has 0 fully saturated rings. The van der Waals surface area contributed by atoms with Crippen molar-refractivity contribution in [3.8, 4) is 0 Å². The molecule has 0 atom stereocenters. The van der Waals surface area contributed by atoms with Gasteiger partial charge in [0.25, 0.3) is 0 Å². The molecule has 0 heterocycles. The molecule has 2 aliphatic rings. The Bertz CT molecular complexity index is 589. The van der Waals surface area contributed by atoms with Gasteiger partial charge in [0.1, 0.15) is 0 Å². The van der Waals surface area contributed by atoms with Gasteiger partial charge in [0.2, 0.25) is 0 Å². The smallest absolute Gasteiger partial charge is 0.00389 e. The van der Waals surface area contributed by atoms with Gasteiger partial charge >= 0.3 is 0 Å². The molecule has 2 aliphatic carbocycles. The number of rotatable bonds is 0. The largest absolute Gasteiger partial charge is 0.0842 e. The summed E-state index contributed by atoms with van der Waals surface area (Å²) in [5.74, 6) is 0. The fourth-order valence-electron chi connectivity index (χ4n) is 2.40. The van der Waals surface area contributed by atoms with E-state index in [1.54, 1.807) is 0 Å². The highest BCUT2D eigenvalue weighted by Gasteiger charge is 2.06. The highest BCUT2D eigenvalue weighted by atomic mass is 14.1. The van der Waals surface area contributed by atoms with E-state index in [-0.39, 0.29) is 0 Å². The van der Waals surface area contributed by atoms with Gasteiger partial charge in [0, 0.05) is 0 Å². The van der Waals surface area contributed by atoms with E-state index in [0.29, 0.717) is 0 Å². The predicted octanol–water partition coefficient (Wildman–Crippen LogP) is 5.22. The van der Waals surface area contributed by atoms with Crippen molar-refractivity contribution >= 4 is 22.9 Å². The van der Waals surface area contributed by atoms with Crippen molar-refractivity contribution in [1.82, 2.24) is 0 Å². The van der Waals surface area contributed by atoms with Crippen molar-refractivity contribution in [1.29, 1.82) is 0 Å². The van der Waals surface area contributed by atoms with Crippen molar-refractivity contribution in [2.45, 2.75) is 12.8 Å². The first-order chi connectivity index (χ1) is 8.95. The molecule has 0 radical (unpaired) electrons. The van der Waals surface area contributed by atoms with E-state index >= 15 is 0 Å². The SMILES string of the molecule is C1=CCCC=C1.C1=Cc2cccc3cccc1c23. The number of hydrogen-bond donors (Lipinski definition) is 0. The first-order valence-electron chi connectivity index (χ1n) is 6.47. The fraction of sp³-hybridized carbons (Fsp3) is 0.111. The van der Waals surface area contributed by atoms with Crippen molar-refractivity contribution in [2.24, 2.45) is 0 Å². The molecule has 88 valence electrons. The van der Waals surface area contributed by atoms with E-state index in [4.69, 9.17) is 0 Å². The van der Waals surface area contributed by atoms with E-state index in [1.807, 2.05) is 0 Å². The van der Waals surface area contributed by atoms with Crippen LogP contribution in [0.1, 0.15) is 24.0 Å². The highest BCUT2D eigenvalue weighted by Crippen LogP contribution is 2.30. The molecule has 0 spiro atoms. The molecule has 0 amide bonds. The maximum Gasteiger partial charge on any atom is -0.00389 e. The third-order valence-electron chi connectivity index (χ3n) is 3.29. The van der Waals surface area contributed by atoms with Crippen LogP contribution in [0.15, 0.2) is 60.7 Å². The molecule has 0 heteroatoms. The van der Waals surface area contributed by atoms with E-state index in [2.05, 4.69) is 72.9 Å². The first-order valence-corrected chi connectivity index (χ1v) is 6.47. The molecule has 2 aromatic rings. The number of hydrogen-bond acceptors (Lipinski definition) is 0.